The van der Waals surface area contributed by atoms with Crippen molar-refractivity contribution in [1.29, 1.82) is 0 Å². The fourth-order valence-electron chi connectivity index (χ4n) is 3.07. The molecule has 2 N–H and O–H groups in total. The van der Waals surface area contributed by atoms with Crippen LogP contribution < -0.4 is 10.6 Å². The molecule has 0 aliphatic rings. The summed E-state index contributed by atoms with van der Waals surface area (Å²) in [7, 11) is 0. The maximum Gasteiger partial charge on any atom is 0.257 e. The van der Waals surface area contributed by atoms with Crippen LogP contribution in [0.25, 0.3) is 11.3 Å². The van der Waals surface area contributed by atoms with Gasteiger partial charge in [-0.2, -0.15) is 0 Å². The van der Waals surface area contributed by atoms with Crippen LogP contribution in [0.3, 0.4) is 0 Å². The van der Waals surface area contributed by atoms with Crippen LogP contribution in [0.4, 0.5) is 10.8 Å². The summed E-state index contributed by atoms with van der Waals surface area (Å²) >= 11 is 1.15. The number of benzene rings is 3. The number of nitrogens with one attached hydrogen (secondary N) is 2. The second-order valence-electron chi connectivity index (χ2n) is 6.97. The van der Waals surface area contributed by atoms with Crippen molar-refractivity contribution < 1.29 is 14.4 Å². The number of aromatic nitrogens is 1. The van der Waals surface area contributed by atoms with E-state index in [0.29, 0.717) is 32.5 Å². The van der Waals surface area contributed by atoms with Crippen LogP contribution in [-0.4, -0.2) is 22.6 Å². The molecule has 0 atom stereocenters. The molecule has 0 saturated carbocycles. The van der Waals surface area contributed by atoms with E-state index in [4.69, 9.17) is 0 Å². The van der Waals surface area contributed by atoms with E-state index in [0.717, 1.165) is 16.9 Å². The van der Waals surface area contributed by atoms with Crippen LogP contribution in [-0.2, 0) is 0 Å². The molecule has 4 rings (SSSR count). The average molecular weight is 442 g/mol. The van der Waals surface area contributed by atoms with Crippen molar-refractivity contribution in [3.8, 4) is 11.3 Å². The van der Waals surface area contributed by atoms with Crippen LogP contribution in [0, 0.1) is 0 Å². The number of rotatable bonds is 6. The van der Waals surface area contributed by atoms with Gasteiger partial charge in [0, 0.05) is 29.3 Å². The molecule has 32 heavy (non-hydrogen) atoms. The first-order valence-corrected chi connectivity index (χ1v) is 10.7. The minimum absolute atomic E-state index is 0.111. The highest BCUT2D eigenvalue weighted by molar-refractivity contribution is 7.18. The third kappa shape index (κ3) is 4.79. The Morgan fingerprint density at radius 1 is 0.719 bits per heavy atom. The highest BCUT2D eigenvalue weighted by atomic mass is 32.1. The van der Waals surface area contributed by atoms with Crippen LogP contribution in [0.1, 0.15) is 37.3 Å². The van der Waals surface area contributed by atoms with E-state index in [2.05, 4.69) is 15.6 Å². The highest BCUT2D eigenvalue weighted by Gasteiger charge is 2.18. The highest BCUT2D eigenvalue weighted by Crippen LogP contribution is 2.31. The molecule has 1 heterocycles. The zero-order chi connectivity index (χ0) is 22.5. The number of amides is 2. The van der Waals surface area contributed by atoms with E-state index in [1.807, 2.05) is 36.4 Å². The lowest BCUT2D eigenvalue weighted by Crippen LogP contribution is -2.13. The number of Topliss-reactive ketones (excluding diaryl/α,β-unsaturated/α-hetero) is 1. The van der Waals surface area contributed by atoms with E-state index in [-0.39, 0.29) is 17.6 Å². The third-order valence-electron chi connectivity index (χ3n) is 4.66. The molecule has 3 aromatic carbocycles. The SMILES string of the molecule is CC(=O)c1sc(NC(=O)c2ccc(NC(=O)c3ccccc3)cc2)nc1-c1ccccc1. The number of carbonyl (C=O) groups excluding carboxylic acids is 3. The van der Waals surface area contributed by atoms with Crippen molar-refractivity contribution in [1.82, 2.24) is 4.98 Å². The van der Waals surface area contributed by atoms with Gasteiger partial charge in [0.1, 0.15) is 0 Å². The van der Waals surface area contributed by atoms with E-state index < -0.39 is 0 Å². The molecule has 7 heteroatoms. The first-order valence-electron chi connectivity index (χ1n) is 9.86. The second-order valence-corrected chi connectivity index (χ2v) is 7.97. The molecule has 6 nitrogen and oxygen atoms in total. The molecule has 4 aromatic rings. The third-order valence-corrected chi connectivity index (χ3v) is 5.73. The summed E-state index contributed by atoms with van der Waals surface area (Å²) in [5.74, 6) is -0.689. The van der Waals surface area contributed by atoms with Gasteiger partial charge in [-0.25, -0.2) is 4.98 Å². The van der Waals surface area contributed by atoms with Crippen molar-refractivity contribution >= 4 is 39.8 Å². The van der Waals surface area contributed by atoms with Crippen LogP contribution in [0.5, 0.6) is 0 Å². The number of ketones is 1. The van der Waals surface area contributed by atoms with Gasteiger partial charge in [-0.3, -0.25) is 19.7 Å². The summed E-state index contributed by atoms with van der Waals surface area (Å²) in [6.45, 7) is 1.48. The lowest BCUT2D eigenvalue weighted by Gasteiger charge is -2.06. The summed E-state index contributed by atoms with van der Waals surface area (Å²) < 4.78 is 0. The first kappa shape index (κ1) is 21.1. The van der Waals surface area contributed by atoms with E-state index in [1.54, 1.807) is 48.5 Å². The molecule has 0 unspecified atom stereocenters. The molecule has 0 radical (unpaired) electrons. The Bertz CT molecular complexity index is 1270. The molecule has 1 aromatic heterocycles. The molecule has 0 aliphatic heterocycles. The van der Waals surface area contributed by atoms with Crippen LogP contribution in [0.15, 0.2) is 84.9 Å². The lowest BCUT2D eigenvalue weighted by molar-refractivity contribution is 0.101. The number of hydrogen-bond donors (Lipinski definition) is 2. The number of carbonyl (C=O) groups is 3. The molecule has 0 bridgehead atoms. The van der Waals surface area contributed by atoms with Gasteiger partial charge >= 0.3 is 0 Å². The van der Waals surface area contributed by atoms with Gasteiger partial charge in [0.15, 0.2) is 10.9 Å². The Morgan fingerprint density at radius 2 is 1.28 bits per heavy atom. The fraction of sp³-hybridized carbons (Fsp3) is 0.0400. The predicted molar refractivity (Wildman–Crippen MR) is 126 cm³/mol. The molecule has 2 amide bonds. The Kier molecular flexibility index (Phi) is 6.19. The summed E-state index contributed by atoms with van der Waals surface area (Å²) in [5, 5.41) is 5.90. The standard InChI is InChI=1S/C25H19N3O3S/c1-16(29)22-21(17-8-4-2-5-9-17)27-25(32-22)28-24(31)19-12-14-20(15-13-19)26-23(30)18-10-6-3-7-11-18/h2-15H,1H3,(H,26,30)(H,27,28,31). The Labute approximate surface area is 189 Å². The Morgan fingerprint density at radius 3 is 1.91 bits per heavy atom. The zero-order valence-electron chi connectivity index (χ0n) is 17.2. The molecule has 158 valence electrons. The summed E-state index contributed by atoms with van der Waals surface area (Å²) in [6, 6.07) is 24.8. The number of nitrogens with zero attached hydrogens (tertiary/aromatic N) is 1. The smallest absolute Gasteiger partial charge is 0.257 e. The largest absolute Gasteiger partial charge is 0.322 e. The van der Waals surface area contributed by atoms with Gasteiger partial charge in [-0.05, 0) is 36.4 Å². The molecular weight excluding hydrogens is 422 g/mol. The van der Waals surface area contributed by atoms with Crippen molar-refractivity contribution in [3.63, 3.8) is 0 Å². The quantitative estimate of drug-likeness (QED) is 0.386. The van der Waals surface area contributed by atoms with Crippen molar-refractivity contribution in [2.45, 2.75) is 6.92 Å². The minimum Gasteiger partial charge on any atom is -0.322 e. The average Bonchev–Trinajstić information content (AvgIpc) is 3.25. The Balaban J connectivity index is 1.47. The molecule has 0 saturated heterocycles. The van der Waals surface area contributed by atoms with Gasteiger partial charge in [0.2, 0.25) is 0 Å². The second kappa shape index (κ2) is 9.36. The van der Waals surface area contributed by atoms with Gasteiger partial charge in [0.05, 0.1) is 10.6 Å². The topological polar surface area (TPSA) is 88.2 Å². The number of hydrogen-bond acceptors (Lipinski definition) is 5. The summed E-state index contributed by atoms with van der Waals surface area (Å²) in [6.07, 6.45) is 0. The fourth-order valence-corrected chi connectivity index (χ4v) is 3.95. The summed E-state index contributed by atoms with van der Waals surface area (Å²) in [5.41, 5.74) is 2.90. The lowest BCUT2D eigenvalue weighted by atomic mass is 10.1. The van der Waals surface area contributed by atoms with Crippen LogP contribution in [0.2, 0.25) is 0 Å². The minimum atomic E-state index is -0.352. The van der Waals surface area contributed by atoms with E-state index in [9.17, 15) is 14.4 Å². The van der Waals surface area contributed by atoms with Crippen molar-refractivity contribution in [2.24, 2.45) is 0 Å². The number of thiazole rings is 1. The van der Waals surface area contributed by atoms with Gasteiger partial charge in [-0.1, -0.05) is 59.9 Å². The normalized spacial score (nSPS) is 10.4. The molecule has 0 fully saturated rings. The molecule has 0 spiro atoms. The van der Waals surface area contributed by atoms with E-state index in [1.165, 1.54) is 6.92 Å². The molecular formula is C25H19N3O3S. The summed E-state index contributed by atoms with van der Waals surface area (Å²) in [4.78, 5) is 42.0. The van der Waals surface area contributed by atoms with Crippen molar-refractivity contribution in [3.05, 3.63) is 101 Å². The Hall–Kier alpha value is -4.10. The zero-order valence-corrected chi connectivity index (χ0v) is 18.0. The molecule has 0 aliphatic carbocycles. The maximum atomic E-state index is 12.7. The predicted octanol–water partition coefficient (Wildman–Crippen LogP) is 5.52. The van der Waals surface area contributed by atoms with Crippen LogP contribution >= 0.6 is 11.3 Å². The monoisotopic (exact) mass is 441 g/mol. The van der Waals surface area contributed by atoms with E-state index >= 15 is 0 Å². The maximum absolute atomic E-state index is 12.7. The van der Waals surface area contributed by atoms with Gasteiger partial charge in [-0.15, -0.1) is 0 Å². The first-order chi connectivity index (χ1) is 15.5. The van der Waals surface area contributed by atoms with Crippen molar-refractivity contribution in [2.75, 3.05) is 10.6 Å². The van der Waals surface area contributed by atoms with Gasteiger partial charge in [0.25, 0.3) is 11.8 Å². The van der Waals surface area contributed by atoms with Gasteiger partial charge < -0.3 is 5.32 Å². The number of anilines is 2.